The lowest BCUT2D eigenvalue weighted by Gasteiger charge is -2.07. The van der Waals surface area contributed by atoms with Gasteiger partial charge in [0.05, 0.1) is 12.2 Å². The van der Waals surface area contributed by atoms with Gasteiger partial charge in [0.1, 0.15) is 17.8 Å². The first-order valence-electron chi connectivity index (χ1n) is 7.78. The van der Waals surface area contributed by atoms with Crippen LogP contribution in [0.4, 0.5) is 11.5 Å². The number of carbonyl (C=O) groups is 2. The topological polar surface area (TPSA) is 93.2 Å². The van der Waals surface area contributed by atoms with Crippen LogP contribution >= 0.6 is 0 Å². The van der Waals surface area contributed by atoms with E-state index in [1.165, 1.54) is 6.33 Å². The maximum absolute atomic E-state index is 12.2. The molecule has 7 nitrogen and oxygen atoms in total. The van der Waals surface area contributed by atoms with E-state index in [0.29, 0.717) is 23.7 Å². The van der Waals surface area contributed by atoms with Gasteiger partial charge in [-0.3, -0.25) is 4.79 Å². The Morgan fingerprint density at radius 2 is 1.88 bits per heavy atom. The lowest BCUT2D eigenvalue weighted by Crippen LogP contribution is -2.15. The number of nitrogens with zero attached hydrogens (tertiary/aromatic N) is 2. The summed E-state index contributed by atoms with van der Waals surface area (Å²) < 4.78 is 4.91. The normalized spacial score (nSPS) is 10.1. The van der Waals surface area contributed by atoms with Crippen molar-refractivity contribution in [1.82, 2.24) is 9.97 Å². The molecule has 7 heteroatoms. The molecule has 0 unspecified atom stereocenters. The molecule has 1 aromatic carbocycles. The van der Waals surface area contributed by atoms with Gasteiger partial charge >= 0.3 is 5.97 Å². The number of carbonyl (C=O) groups excluding carboxylic acids is 2. The minimum absolute atomic E-state index is 0.262. The van der Waals surface area contributed by atoms with E-state index in [0.717, 1.165) is 13.0 Å². The van der Waals surface area contributed by atoms with Crippen LogP contribution in [0.3, 0.4) is 0 Å². The largest absolute Gasteiger partial charge is 0.462 e. The maximum Gasteiger partial charge on any atom is 0.338 e. The minimum atomic E-state index is -0.391. The van der Waals surface area contributed by atoms with Crippen molar-refractivity contribution in [3.05, 3.63) is 47.9 Å². The molecule has 1 amide bonds. The van der Waals surface area contributed by atoms with Gasteiger partial charge in [0, 0.05) is 18.3 Å². The molecule has 0 saturated carbocycles. The van der Waals surface area contributed by atoms with Crippen LogP contribution < -0.4 is 10.6 Å². The summed E-state index contributed by atoms with van der Waals surface area (Å²) in [5, 5.41) is 5.83. The van der Waals surface area contributed by atoms with Crippen molar-refractivity contribution < 1.29 is 14.3 Å². The average molecular weight is 328 g/mol. The first-order valence-corrected chi connectivity index (χ1v) is 7.78. The zero-order valence-electron chi connectivity index (χ0n) is 13.7. The van der Waals surface area contributed by atoms with Gasteiger partial charge in [0.15, 0.2) is 0 Å². The Bertz CT molecular complexity index is 701. The van der Waals surface area contributed by atoms with Crippen LogP contribution in [0.15, 0.2) is 36.7 Å². The Morgan fingerprint density at radius 3 is 2.54 bits per heavy atom. The molecular weight excluding hydrogens is 308 g/mol. The Balaban J connectivity index is 2.02. The maximum atomic E-state index is 12.2. The van der Waals surface area contributed by atoms with E-state index >= 15 is 0 Å². The van der Waals surface area contributed by atoms with Crippen molar-refractivity contribution in [3.8, 4) is 0 Å². The molecule has 0 spiro atoms. The van der Waals surface area contributed by atoms with Crippen LogP contribution in [0.25, 0.3) is 0 Å². The lowest BCUT2D eigenvalue weighted by atomic mass is 10.2. The van der Waals surface area contributed by atoms with Gasteiger partial charge < -0.3 is 15.4 Å². The molecule has 1 heterocycles. The van der Waals surface area contributed by atoms with Crippen LogP contribution in [0, 0.1) is 0 Å². The number of anilines is 2. The molecule has 0 bridgehead atoms. The van der Waals surface area contributed by atoms with E-state index in [9.17, 15) is 9.59 Å². The molecule has 0 aliphatic carbocycles. The summed E-state index contributed by atoms with van der Waals surface area (Å²) in [5.74, 6) is -0.131. The fraction of sp³-hybridized carbons (Fsp3) is 0.294. The number of ether oxygens (including phenoxy) is 1. The van der Waals surface area contributed by atoms with Gasteiger partial charge in [0.25, 0.3) is 5.91 Å². The van der Waals surface area contributed by atoms with Crippen LogP contribution in [0.5, 0.6) is 0 Å². The smallest absolute Gasteiger partial charge is 0.338 e. The monoisotopic (exact) mass is 328 g/mol. The Labute approximate surface area is 140 Å². The highest BCUT2D eigenvalue weighted by atomic mass is 16.5. The summed E-state index contributed by atoms with van der Waals surface area (Å²) >= 11 is 0. The quantitative estimate of drug-likeness (QED) is 0.759. The number of amides is 1. The molecule has 0 aliphatic heterocycles. The van der Waals surface area contributed by atoms with Crippen molar-refractivity contribution >= 4 is 23.4 Å². The predicted molar refractivity (Wildman–Crippen MR) is 91.2 cm³/mol. The SMILES string of the molecule is CCCNc1cc(C(=O)Nc2ccc(C(=O)OCC)cc2)ncn1. The third-order valence-electron chi connectivity index (χ3n) is 3.11. The Hall–Kier alpha value is -2.96. The van der Waals surface area contributed by atoms with E-state index in [2.05, 4.69) is 20.6 Å². The van der Waals surface area contributed by atoms with Gasteiger partial charge in [-0.1, -0.05) is 6.92 Å². The molecule has 1 aromatic heterocycles. The number of hydrogen-bond donors (Lipinski definition) is 2. The van der Waals surface area contributed by atoms with Gasteiger partial charge in [-0.15, -0.1) is 0 Å². The summed E-state index contributed by atoms with van der Waals surface area (Å²) in [7, 11) is 0. The highest BCUT2D eigenvalue weighted by Gasteiger charge is 2.10. The molecule has 0 atom stereocenters. The molecule has 2 N–H and O–H groups in total. The molecule has 126 valence electrons. The molecule has 24 heavy (non-hydrogen) atoms. The molecular formula is C17H20N4O3. The average Bonchev–Trinajstić information content (AvgIpc) is 2.61. The van der Waals surface area contributed by atoms with Crippen molar-refractivity contribution in [2.45, 2.75) is 20.3 Å². The van der Waals surface area contributed by atoms with E-state index in [1.807, 2.05) is 6.92 Å². The summed E-state index contributed by atoms with van der Waals surface area (Å²) in [6.45, 7) is 4.88. The zero-order valence-corrected chi connectivity index (χ0v) is 13.7. The molecule has 0 radical (unpaired) electrons. The van der Waals surface area contributed by atoms with Crippen molar-refractivity contribution in [2.75, 3.05) is 23.8 Å². The van der Waals surface area contributed by atoms with E-state index in [1.54, 1.807) is 37.3 Å². The number of benzene rings is 1. The number of aromatic nitrogens is 2. The van der Waals surface area contributed by atoms with Gasteiger partial charge in [-0.2, -0.15) is 0 Å². The first-order chi connectivity index (χ1) is 11.6. The standard InChI is InChI=1S/C17H20N4O3/c1-3-9-18-15-10-14(19-11-20-15)16(22)21-13-7-5-12(6-8-13)17(23)24-4-2/h5-8,10-11H,3-4,9H2,1-2H3,(H,21,22)(H,18,19,20). The molecule has 0 saturated heterocycles. The summed E-state index contributed by atoms with van der Waals surface area (Å²) in [5.41, 5.74) is 1.26. The zero-order chi connectivity index (χ0) is 17.4. The van der Waals surface area contributed by atoms with E-state index in [4.69, 9.17) is 4.74 Å². The second-order valence-electron chi connectivity index (χ2n) is 4.97. The van der Waals surface area contributed by atoms with Gasteiger partial charge in [0.2, 0.25) is 0 Å². The van der Waals surface area contributed by atoms with Crippen molar-refractivity contribution in [1.29, 1.82) is 0 Å². The second kappa shape index (κ2) is 8.61. The summed E-state index contributed by atoms with van der Waals surface area (Å²) in [6.07, 6.45) is 2.30. The molecule has 0 aliphatic rings. The number of nitrogens with one attached hydrogen (secondary N) is 2. The summed E-state index contributed by atoms with van der Waals surface area (Å²) in [6, 6.07) is 8.07. The number of rotatable bonds is 7. The fourth-order valence-corrected chi connectivity index (χ4v) is 1.93. The van der Waals surface area contributed by atoms with Crippen LogP contribution in [-0.2, 0) is 4.74 Å². The predicted octanol–water partition coefficient (Wildman–Crippen LogP) is 2.73. The lowest BCUT2D eigenvalue weighted by molar-refractivity contribution is 0.0526. The highest BCUT2D eigenvalue weighted by molar-refractivity contribution is 6.03. The third-order valence-corrected chi connectivity index (χ3v) is 3.11. The second-order valence-corrected chi connectivity index (χ2v) is 4.97. The van der Waals surface area contributed by atoms with Crippen LogP contribution in [0.1, 0.15) is 41.1 Å². The van der Waals surface area contributed by atoms with E-state index in [-0.39, 0.29) is 11.6 Å². The first kappa shape index (κ1) is 17.4. The van der Waals surface area contributed by atoms with Crippen LogP contribution in [-0.4, -0.2) is 35.0 Å². The molecule has 0 fully saturated rings. The van der Waals surface area contributed by atoms with E-state index < -0.39 is 5.97 Å². The van der Waals surface area contributed by atoms with Crippen molar-refractivity contribution in [2.24, 2.45) is 0 Å². The fourth-order valence-electron chi connectivity index (χ4n) is 1.93. The van der Waals surface area contributed by atoms with Gasteiger partial charge in [-0.05, 0) is 37.6 Å². The molecule has 2 aromatic rings. The minimum Gasteiger partial charge on any atom is -0.462 e. The van der Waals surface area contributed by atoms with Crippen LogP contribution in [0.2, 0.25) is 0 Å². The van der Waals surface area contributed by atoms with Gasteiger partial charge in [-0.25, -0.2) is 14.8 Å². The number of hydrogen-bond acceptors (Lipinski definition) is 6. The summed E-state index contributed by atoms with van der Waals surface area (Å²) in [4.78, 5) is 31.9. The molecule has 2 rings (SSSR count). The Kier molecular flexibility index (Phi) is 6.24. The number of esters is 1. The van der Waals surface area contributed by atoms with Crippen molar-refractivity contribution in [3.63, 3.8) is 0 Å². The third kappa shape index (κ3) is 4.77. The highest BCUT2D eigenvalue weighted by Crippen LogP contribution is 2.12. The Morgan fingerprint density at radius 1 is 1.12 bits per heavy atom.